The molecule has 0 N–H and O–H groups in total. The van der Waals surface area contributed by atoms with Crippen molar-refractivity contribution in [2.45, 2.75) is 0 Å². The number of esters is 2. The van der Waals surface area contributed by atoms with Gasteiger partial charge in [0.15, 0.2) is 11.9 Å². The van der Waals surface area contributed by atoms with Gasteiger partial charge in [0.05, 0.1) is 14.2 Å². The van der Waals surface area contributed by atoms with Gasteiger partial charge in [0, 0.05) is 0 Å². The summed E-state index contributed by atoms with van der Waals surface area (Å²) in [6, 6.07) is 0. The molecule has 60 valence electrons. The Kier molecular flexibility index (Phi) is 19.3. The van der Waals surface area contributed by atoms with Crippen LogP contribution in [0.1, 0.15) is 0 Å². The van der Waals surface area contributed by atoms with Crippen LogP contribution >= 0.6 is 0 Å². The maximum atomic E-state index is 9.48. The third-order valence-corrected chi connectivity index (χ3v) is 0.455. The first-order chi connectivity index (χ1) is 4.54. The van der Waals surface area contributed by atoms with Crippen LogP contribution in [0.4, 0.5) is 0 Å². The first-order valence-electron chi connectivity index (χ1n) is 2.34. The molecule has 0 aliphatic rings. The summed E-state index contributed by atoms with van der Waals surface area (Å²) in [7, 11) is 2.57. The number of ether oxygens (including phenoxy) is 2. The van der Waals surface area contributed by atoms with Crippen molar-refractivity contribution in [1.29, 1.82) is 0 Å². The molecular formula is C6H10O4Y+. The largest absolute Gasteiger partial charge is 3.00 e. The molecule has 0 radical (unpaired) electrons. The van der Waals surface area contributed by atoms with E-state index in [0.717, 1.165) is 0 Å². The predicted octanol–water partition coefficient (Wildman–Crippen LogP) is -0.0155. The minimum atomic E-state index is -0.495. The van der Waals surface area contributed by atoms with Crippen molar-refractivity contribution in [2.75, 3.05) is 14.2 Å². The summed E-state index contributed by atoms with van der Waals surface area (Å²) >= 11 is 0. The number of hydrogen-bond donors (Lipinski definition) is 0. The summed E-state index contributed by atoms with van der Waals surface area (Å²) in [5, 5.41) is 0. The van der Waals surface area contributed by atoms with Gasteiger partial charge in [-0.25, -0.2) is 0 Å². The van der Waals surface area contributed by atoms with Crippen molar-refractivity contribution < 1.29 is 51.8 Å². The Morgan fingerprint density at radius 1 is 1.00 bits per heavy atom. The predicted molar refractivity (Wildman–Crippen MR) is 34.7 cm³/mol. The second kappa shape index (κ2) is 12.5. The molecule has 0 spiro atoms. The Morgan fingerprint density at radius 2 is 1.09 bits per heavy atom. The van der Waals surface area contributed by atoms with Crippen molar-refractivity contribution in [3.8, 4) is 0 Å². The van der Waals surface area contributed by atoms with E-state index in [9.17, 15) is 9.59 Å². The second-order valence-corrected chi connectivity index (χ2v) is 1.15. The molecule has 0 atom stereocenters. The van der Waals surface area contributed by atoms with Gasteiger partial charge in [0.1, 0.15) is 0 Å². The van der Waals surface area contributed by atoms with Crippen molar-refractivity contribution >= 4 is 11.9 Å². The average molecular weight is 235 g/mol. The summed E-state index contributed by atoms with van der Waals surface area (Å²) in [6.07, 6.45) is 0. The fourth-order valence-corrected chi connectivity index (χ4v) is 0. The zero-order valence-electron chi connectivity index (χ0n) is 6.62. The molecule has 0 saturated heterocycles. The molecule has 0 aromatic rings. The standard InChI is InChI=1S/2C3H5O2.Y/c2*1-3(4)5-2;/h2*1H2,2H3;/q2*-1;+3. The van der Waals surface area contributed by atoms with Crippen LogP contribution in [-0.2, 0) is 51.8 Å². The van der Waals surface area contributed by atoms with Gasteiger partial charge in [-0.05, 0) is 0 Å². The molecule has 0 aromatic carbocycles. The van der Waals surface area contributed by atoms with E-state index >= 15 is 0 Å². The number of carbonyl (C=O) groups excluding carboxylic acids is 2. The van der Waals surface area contributed by atoms with Crippen LogP contribution in [0.2, 0.25) is 0 Å². The Balaban J connectivity index is -0.000000107. The van der Waals surface area contributed by atoms with Gasteiger partial charge in [-0.3, -0.25) is 23.4 Å². The van der Waals surface area contributed by atoms with E-state index in [-0.39, 0.29) is 32.7 Å². The van der Waals surface area contributed by atoms with E-state index in [1.54, 1.807) is 0 Å². The summed E-state index contributed by atoms with van der Waals surface area (Å²) in [6.45, 7) is 5.79. The smallest absolute Gasteiger partial charge is 0.492 e. The molecule has 0 aliphatic carbocycles. The quantitative estimate of drug-likeness (QED) is 0.437. The van der Waals surface area contributed by atoms with E-state index in [1.165, 1.54) is 14.2 Å². The first kappa shape index (κ1) is 17.0. The molecule has 11 heavy (non-hydrogen) atoms. The summed E-state index contributed by atoms with van der Waals surface area (Å²) < 4.78 is 8.00. The fraction of sp³-hybridized carbons (Fsp3) is 0.333. The van der Waals surface area contributed by atoms with Crippen molar-refractivity contribution in [1.82, 2.24) is 0 Å². The van der Waals surface area contributed by atoms with Gasteiger partial charge >= 0.3 is 32.7 Å². The molecule has 0 heterocycles. The third-order valence-electron chi connectivity index (χ3n) is 0.455. The molecule has 0 bridgehead atoms. The van der Waals surface area contributed by atoms with Gasteiger partial charge in [0.25, 0.3) is 0 Å². The van der Waals surface area contributed by atoms with Gasteiger partial charge in [0.2, 0.25) is 0 Å². The molecule has 0 unspecified atom stereocenters. The van der Waals surface area contributed by atoms with Crippen LogP contribution in [0, 0.1) is 13.8 Å². The molecule has 0 aromatic heterocycles. The molecule has 4 nitrogen and oxygen atoms in total. The topological polar surface area (TPSA) is 52.6 Å². The maximum Gasteiger partial charge on any atom is 3.00 e. The molecule has 0 saturated carbocycles. The van der Waals surface area contributed by atoms with Gasteiger partial charge in [-0.2, -0.15) is 0 Å². The van der Waals surface area contributed by atoms with Gasteiger partial charge in [-0.15, -0.1) is 0 Å². The zero-order chi connectivity index (χ0) is 8.57. The molecule has 0 amide bonds. The molecule has 0 aliphatic heterocycles. The van der Waals surface area contributed by atoms with Crippen LogP contribution < -0.4 is 0 Å². The van der Waals surface area contributed by atoms with E-state index in [0.29, 0.717) is 0 Å². The van der Waals surface area contributed by atoms with Gasteiger partial charge in [-0.1, -0.05) is 0 Å². The third kappa shape index (κ3) is 41.4. The number of carbonyl (C=O) groups is 2. The van der Waals surface area contributed by atoms with Crippen LogP contribution in [0.15, 0.2) is 0 Å². The Morgan fingerprint density at radius 3 is 1.09 bits per heavy atom. The van der Waals surface area contributed by atoms with E-state index in [4.69, 9.17) is 0 Å². The first-order valence-corrected chi connectivity index (χ1v) is 2.34. The Labute approximate surface area is 91.5 Å². The van der Waals surface area contributed by atoms with Crippen molar-refractivity contribution in [3.05, 3.63) is 13.8 Å². The monoisotopic (exact) mass is 235 g/mol. The molecule has 0 rings (SSSR count). The Hall–Kier alpha value is -0.216. The second-order valence-electron chi connectivity index (χ2n) is 1.15. The SMILES string of the molecule is [CH2-]C(=O)OC.[CH2-]C(=O)OC.[Y+3]. The van der Waals surface area contributed by atoms with E-state index < -0.39 is 11.9 Å². The number of hydrogen-bond acceptors (Lipinski definition) is 4. The van der Waals surface area contributed by atoms with Crippen LogP contribution in [0.5, 0.6) is 0 Å². The van der Waals surface area contributed by atoms with Crippen molar-refractivity contribution in [3.63, 3.8) is 0 Å². The fourth-order valence-electron chi connectivity index (χ4n) is 0. The van der Waals surface area contributed by atoms with Gasteiger partial charge < -0.3 is 9.47 Å². The normalized spacial score (nSPS) is 6.00. The van der Waals surface area contributed by atoms with Crippen LogP contribution in [0.25, 0.3) is 0 Å². The van der Waals surface area contributed by atoms with Crippen LogP contribution in [0.3, 0.4) is 0 Å². The van der Waals surface area contributed by atoms with Crippen LogP contribution in [-0.4, -0.2) is 26.2 Å². The molecule has 0 fully saturated rings. The molecule has 5 heteroatoms. The minimum Gasteiger partial charge on any atom is -0.492 e. The van der Waals surface area contributed by atoms with E-state index in [2.05, 4.69) is 23.3 Å². The summed E-state index contributed by atoms with van der Waals surface area (Å²) in [4.78, 5) is 19.0. The number of methoxy groups -OCH3 is 2. The number of rotatable bonds is 0. The summed E-state index contributed by atoms with van der Waals surface area (Å²) in [5.74, 6) is -0.991. The summed E-state index contributed by atoms with van der Waals surface area (Å²) in [5.41, 5.74) is 0. The minimum absolute atomic E-state index is 0. The maximum absolute atomic E-state index is 9.48. The Bertz CT molecular complexity index is 99.1. The average Bonchev–Trinajstić information content (AvgIpc) is 1.89. The molecular weight excluding hydrogens is 225 g/mol. The van der Waals surface area contributed by atoms with Crippen molar-refractivity contribution in [2.24, 2.45) is 0 Å². The zero-order valence-corrected chi connectivity index (χ0v) is 9.46. The van der Waals surface area contributed by atoms with E-state index in [1.807, 2.05) is 0 Å².